The number of piperidine rings is 1. The summed E-state index contributed by atoms with van der Waals surface area (Å²) >= 11 is 12.1. The molecule has 2 aliphatic heterocycles. The monoisotopic (exact) mass is 362 g/mol. The topological polar surface area (TPSA) is 25.4 Å². The van der Waals surface area contributed by atoms with Gasteiger partial charge in [0, 0.05) is 37.1 Å². The summed E-state index contributed by atoms with van der Waals surface area (Å²) in [5.74, 6) is 0.816. The Morgan fingerprint density at radius 3 is 2.38 bits per heavy atom. The standard InChI is InChI=1S/C19H20Cl2N2O/c20-18-4-3-16(11-19(18)21)24-17-9-14-1-2-15(10-17)23(14)12-13-5-7-22-8-6-13/h3-8,11,14-15,17H,1-2,9-10,12H2. The average molecular weight is 363 g/mol. The number of halogens is 2. The van der Waals surface area contributed by atoms with Crippen molar-refractivity contribution in [1.29, 1.82) is 0 Å². The number of fused-ring (bicyclic) bond motifs is 2. The number of hydrogen-bond acceptors (Lipinski definition) is 3. The van der Waals surface area contributed by atoms with Gasteiger partial charge in [-0.25, -0.2) is 0 Å². The van der Waals surface area contributed by atoms with Crippen molar-refractivity contribution in [1.82, 2.24) is 9.88 Å². The van der Waals surface area contributed by atoms with Crippen molar-refractivity contribution in [3.63, 3.8) is 0 Å². The lowest BCUT2D eigenvalue weighted by Crippen LogP contribution is -2.45. The first-order valence-electron chi connectivity index (χ1n) is 8.45. The van der Waals surface area contributed by atoms with Crippen LogP contribution in [-0.4, -0.2) is 28.1 Å². The Hall–Kier alpha value is -1.29. The van der Waals surface area contributed by atoms with E-state index < -0.39 is 0 Å². The highest BCUT2D eigenvalue weighted by Crippen LogP contribution is 2.38. The van der Waals surface area contributed by atoms with Crippen molar-refractivity contribution in [2.24, 2.45) is 0 Å². The summed E-state index contributed by atoms with van der Waals surface area (Å²) in [4.78, 5) is 6.75. The zero-order valence-electron chi connectivity index (χ0n) is 13.4. The third-order valence-electron chi connectivity index (χ3n) is 5.15. The molecular formula is C19H20Cl2N2O. The van der Waals surface area contributed by atoms with Crippen molar-refractivity contribution in [2.75, 3.05) is 0 Å². The van der Waals surface area contributed by atoms with E-state index in [0.717, 1.165) is 25.1 Å². The van der Waals surface area contributed by atoms with Crippen molar-refractivity contribution >= 4 is 23.2 Å². The van der Waals surface area contributed by atoms with E-state index in [1.807, 2.05) is 24.5 Å². The molecule has 3 heterocycles. The molecular weight excluding hydrogens is 343 g/mol. The van der Waals surface area contributed by atoms with Crippen LogP contribution in [0.5, 0.6) is 5.75 Å². The van der Waals surface area contributed by atoms with E-state index in [2.05, 4.69) is 22.0 Å². The molecule has 5 heteroatoms. The summed E-state index contributed by atoms with van der Waals surface area (Å²) in [6.07, 6.45) is 8.67. The first-order valence-corrected chi connectivity index (χ1v) is 9.21. The molecule has 2 saturated heterocycles. The molecule has 24 heavy (non-hydrogen) atoms. The summed E-state index contributed by atoms with van der Waals surface area (Å²) in [5, 5.41) is 1.11. The van der Waals surface area contributed by atoms with Crippen LogP contribution in [0.1, 0.15) is 31.2 Å². The molecule has 2 bridgehead atoms. The molecule has 0 saturated carbocycles. The molecule has 0 N–H and O–H groups in total. The third-order valence-corrected chi connectivity index (χ3v) is 5.89. The van der Waals surface area contributed by atoms with Gasteiger partial charge in [-0.2, -0.15) is 0 Å². The van der Waals surface area contributed by atoms with Gasteiger partial charge in [0.2, 0.25) is 0 Å². The van der Waals surface area contributed by atoms with Crippen LogP contribution in [0.15, 0.2) is 42.7 Å². The fraction of sp³-hybridized carbons (Fsp3) is 0.421. The Labute approximate surface area is 152 Å². The van der Waals surface area contributed by atoms with Crippen molar-refractivity contribution in [3.05, 3.63) is 58.3 Å². The fourth-order valence-corrected chi connectivity index (χ4v) is 4.31. The smallest absolute Gasteiger partial charge is 0.121 e. The second-order valence-electron chi connectivity index (χ2n) is 6.70. The molecule has 2 fully saturated rings. The molecule has 0 aliphatic carbocycles. The van der Waals surface area contributed by atoms with Gasteiger partial charge in [-0.15, -0.1) is 0 Å². The van der Waals surface area contributed by atoms with Gasteiger partial charge >= 0.3 is 0 Å². The predicted molar refractivity (Wildman–Crippen MR) is 96.7 cm³/mol. The minimum absolute atomic E-state index is 0.258. The number of rotatable bonds is 4. The lowest BCUT2D eigenvalue weighted by atomic mass is 9.99. The maximum Gasteiger partial charge on any atom is 0.121 e. The minimum atomic E-state index is 0.258. The molecule has 4 rings (SSSR count). The number of pyridine rings is 1. The van der Waals surface area contributed by atoms with Crippen LogP contribution < -0.4 is 4.74 Å². The number of nitrogens with zero attached hydrogens (tertiary/aromatic N) is 2. The first-order chi connectivity index (χ1) is 11.7. The van der Waals surface area contributed by atoms with Gasteiger partial charge in [-0.3, -0.25) is 9.88 Å². The molecule has 1 aromatic heterocycles. The van der Waals surface area contributed by atoms with Gasteiger partial charge in [-0.05, 0) is 55.5 Å². The zero-order chi connectivity index (χ0) is 16.5. The quantitative estimate of drug-likeness (QED) is 0.768. The maximum atomic E-state index is 6.19. The second-order valence-corrected chi connectivity index (χ2v) is 7.51. The number of hydrogen-bond donors (Lipinski definition) is 0. The lowest BCUT2D eigenvalue weighted by Gasteiger charge is -2.39. The Morgan fingerprint density at radius 1 is 1.00 bits per heavy atom. The van der Waals surface area contributed by atoms with Gasteiger partial charge in [-0.1, -0.05) is 23.2 Å². The molecule has 3 nitrogen and oxygen atoms in total. The molecule has 2 aliphatic rings. The van der Waals surface area contributed by atoms with Crippen LogP contribution >= 0.6 is 23.2 Å². The van der Waals surface area contributed by atoms with Crippen molar-refractivity contribution in [3.8, 4) is 5.75 Å². The van der Waals surface area contributed by atoms with Crippen LogP contribution in [0.3, 0.4) is 0 Å². The highest BCUT2D eigenvalue weighted by molar-refractivity contribution is 6.42. The number of aromatic nitrogens is 1. The van der Waals surface area contributed by atoms with E-state index >= 15 is 0 Å². The van der Waals surface area contributed by atoms with E-state index in [0.29, 0.717) is 22.1 Å². The molecule has 1 aromatic carbocycles. The van der Waals surface area contributed by atoms with Gasteiger partial charge in [0.05, 0.1) is 10.0 Å². The Morgan fingerprint density at radius 2 is 1.71 bits per heavy atom. The van der Waals surface area contributed by atoms with Gasteiger partial charge < -0.3 is 4.74 Å². The molecule has 126 valence electrons. The van der Waals surface area contributed by atoms with E-state index in [4.69, 9.17) is 27.9 Å². The Bertz CT molecular complexity index is 696. The zero-order valence-corrected chi connectivity index (χ0v) is 14.9. The first kappa shape index (κ1) is 16.2. The SMILES string of the molecule is Clc1ccc(OC2CC3CCC(C2)N3Cc2ccncc2)cc1Cl. The maximum absolute atomic E-state index is 6.19. The summed E-state index contributed by atoms with van der Waals surface area (Å²) in [6, 6.07) is 10.9. The third kappa shape index (κ3) is 3.39. The van der Waals surface area contributed by atoms with Crippen molar-refractivity contribution < 1.29 is 4.74 Å². The van der Waals surface area contributed by atoms with Crippen molar-refractivity contribution in [2.45, 2.75) is 50.4 Å². The minimum Gasteiger partial charge on any atom is -0.490 e. The van der Waals surface area contributed by atoms with Crippen LogP contribution in [0.2, 0.25) is 10.0 Å². The summed E-state index contributed by atoms with van der Waals surface area (Å²) in [5.41, 5.74) is 1.34. The highest BCUT2D eigenvalue weighted by Gasteiger charge is 2.41. The van der Waals surface area contributed by atoms with Gasteiger partial charge in [0.25, 0.3) is 0 Å². The van der Waals surface area contributed by atoms with Gasteiger partial charge in [0.15, 0.2) is 0 Å². The van der Waals surface area contributed by atoms with E-state index in [-0.39, 0.29) is 6.10 Å². The molecule has 0 amide bonds. The summed E-state index contributed by atoms with van der Waals surface area (Å²) in [7, 11) is 0. The fourth-order valence-electron chi connectivity index (χ4n) is 4.02. The highest BCUT2D eigenvalue weighted by atomic mass is 35.5. The number of ether oxygens (including phenoxy) is 1. The molecule has 2 atom stereocenters. The van der Waals surface area contributed by atoms with Crippen LogP contribution in [-0.2, 0) is 6.54 Å². The Balaban J connectivity index is 1.41. The summed E-state index contributed by atoms with van der Waals surface area (Å²) < 4.78 is 6.19. The molecule has 0 spiro atoms. The van der Waals surface area contributed by atoms with Crippen LogP contribution in [0, 0.1) is 0 Å². The second kappa shape index (κ2) is 6.91. The lowest BCUT2D eigenvalue weighted by molar-refractivity contribution is 0.0445. The van der Waals surface area contributed by atoms with E-state index in [1.54, 1.807) is 6.07 Å². The summed E-state index contributed by atoms with van der Waals surface area (Å²) in [6.45, 7) is 1.01. The molecule has 2 aromatic rings. The van der Waals surface area contributed by atoms with E-state index in [9.17, 15) is 0 Å². The normalized spacial score (nSPS) is 26.5. The number of benzene rings is 1. The molecule has 0 radical (unpaired) electrons. The molecule has 2 unspecified atom stereocenters. The van der Waals surface area contributed by atoms with Gasteiger partial charge in [0.1, 0.15) is 11.9 Å². The largest absolute Gasteiger partial charge is 0.490 e. The van der Waals surface area contributed by atoms with Crippen LogP contribution in [0.25, 0.3) is 0 Å². The van der Waals surface area contributed by atoms with E-state index in [1.165, 1.54) is 18.4 Å². The Kier molecular flexibility index (Phi) is 4.66. The predicted octanol–water partition coefficient (Wildman–Crippen LogP) is 4.96. The average Bonchev–Trinajstić information content (AvgIpc) is 2.81. The van der Waals surface area contributed by atoms with Crippen LogP contribution in [0.4, 0.5) is 0 Å².